The molecule has 0 nitrogen and oxygen atoms in total. The molecule has 0 aliphatic rings. The summed E-state index contributed by atoms with van der Waals surface area (Å²) in [6.07, 6.45) is 0. The molecule has 0 radical (unpaired) electrons. The topological polar surface area (TPSA) is 0 Å². The zero-order chi connectivity index (χ0) is 17.7. The predicted molar refractivity (Wildman–Crippen MR) is 111 cm³/mol. The van der Waals surface area contributed by atoms with Crippen LogP contribution in [-0.2, 0) is 0 Å². The molecule has 0 N–H and O–H groups in total. The van der Waals surface area contributed by atoms with E-state index >= 15 is 0 Å². The van der Waals surface area contributed by atoms with E-state index in [0.29, 0.717) is 0 Å². The van der Waals surface area contributed by atoms with Crippen LogP contribution in [0.3, 0.4) is 0 Å². The lowest BCUT2D eigenvalue weighted by molar-refractivity contribution is 1.36. The maximum Gasteiger partial charge on any atom is -0.00266 e. The van der Waals surface area contributed by atoms with Crippen molar-refractivity contribution in [1.29, 1.82) is 0 Å². The normalized spacial score (nSPS) is 11.4. The minimum absolute atomic E-state index is 1.30. The first-order valence-corrected chi connectivity index (χ1v) is 8.96. The van der Waals surface area contributed by atoms with E-state index in [2.05, 4.69) is 89.2 Å². The Morgan fingerprint density at radius 3 is 1.40 bits per heavy atom. The van der Waals surface area contributed by atoms with Crippen molar-refractivity contribution in [3.63, 3.8) is 0 Å². The molecule has 0 aromatic heterocycles. The molecule has 0 aliphatic heterocycles. The van der Waals surface area contributed by atoms with Gasteiger partial charge in [0.25, 0.3) is 0 Å². The molecule has 25 heavy (non-hydrogen) atoms. The van der Waals surface area contributed by atoms with Gasteiger partial charge in [-0.05, 0) is 95.6 Å². The van der Waals surface area contributed by atoms with Crippen LogP contribution in [0.2, 0.25) is 0 Å². The average molecular weight is 324 g/mol. The summed E-state index contributed by atoms with van der Waals surface area (Å²) in [7, 11) is 0. The molecule has 0 unspecified atom stereocenters. The van der Waals surface area contributed by atoms with Gasteiger partial charge in [0.1, 0.15) is 0 Å². The largest absolute Gasteiger partial charge is 0.0587 e. The van der Waals surface area contributed by atoms with Crippen LogP contribution in [0.1, 0.15) is 27.8 Å². The summed E-state index contributed by atoms with van der Waals surface area (Å²) in [5.41, 5.74) is 9.36. The molecule has 0 saturated carbocycles. The molecule has 0 aliphatic carbocycles. The summed E-state index contributed by atoms with van der Waals surface area (Å²) >= 11 is 0. The molecule has 0 bridgehead atoms. The summed E-state index contributed by atoms with van der Waals surface area (Å²) in [5.74, 6) is 0. The van der Waals surface area contributed by atoms with Crippen LogP contribution in [0, 0.1) is 34.6 Å². The first kappa shape index (κ1) is 15.9. The monoisotopic (exact) mass is 324 g/mol. The van der Waals surface area contributed by atoms with Crippen LogP contribution < -0.4 is 0 Å². The van der Waals surface area contributed by atoms with E-state index in [4.69, 9.17) is 0 Å². The summed E-state index contributed by atoms with van der Waals surface area (Å²) in [6.45, 7) is 11.0. The molecule has 0 spiro atoms. The highest BCUT2D eigenvalue weighted by Crippen LogP contribution is 2.38. The van der Waals surface area contributed by atoms with Crippen molar-refractivity contribution in [2.45, 2.75) is 34.6 Å². The van der Waals surface area contributed by atoms with Crippen LogP contribution >= 0.6 is 0 Å². The first-order valence-electron chi connectivity index (χ1n) is 8.96. The fraction of sp³-hybridized carbons (Fsp3) is 0.200. The van der Waals surface area contributed by atoms with Gasteiger partial charge in [-0.1, -0.05) is 54.1 Å². The lowest BCUT2D eigenvalue weighted by Gasteiger charge is -2.16. The second-order valence-electron chi connectivity index (χ2n) is 7.43. The lowest BCUT2D eigenvalue weighted by Crippen LogP contribution is -1.91. The predicted octanol–water partition coefficient (Wildman–Crippen LogP) is 7.20. The average Bonchev–Trinajstić information content (AvgIpc) is 2.57. The van der Waals surface area contributed by atoms with Gasteiger partial charge < -0.3 is 0 Å². The van der Waals surface area contributed by atoms with Crippen molar-refractivity contribution in [3.05, 3.63) is 82.4 Å². The van der Waals surface area contributed by atoms with Gasteiger partial charge in [0, 0.05) is 0 Å². The smallest absolute Gasteiger partial charge is 0.00266 e. The van der Waals surface area contributed by atoms with Gasteiger partial charge in [0.2, 0.25) is 0 Å². The number of rotatable bonds is 1. The number of hydrogen-bond donors (Lipinski definition) is 0. The van der Waals surface area contributed by atoms with E-state index in [9.17, 15) is 0 Å². The van der Waals surface area contributed by atoms with Crippen LogP contribution in [0.5, 0.6) is 0 Å². The Balaban J connectivity index is 2.22. The van der Waals surface area contributed by atoms with E-state index < -0.39 is 0 Å². The van der Waals surface area contributed by atoms with Crippen molar-refractivity contribution in [1.82, 2.24) is 0 Å². The molecular formula is C25H24. The van der Waals surface area contributed by atoms with Crippen LogP contribution in [0.15, 0.2) is 54.6 Å². The van der Waals surface area contributed by atoms with Crippen LogP contribution in [0.25, 0.3) is 32.7 Å². The van der Waals surface area contributed by atoms with E-state index in [-0.39, 0.29) is 0 Å². The number of fused-ring (bicyclic) bond motifs is 2. The van der Waals surface area contributed by atoms with Gasteiger partial charge in [-0.15, -0.1) is 0 Å². The number of hydrogen-bond acceptors (Lipinski definition) is 0. The SMILES string of the molecule is Cc1ccc(-c2c3cc(C)c(C)cc3cc3cc(C)c(C)cc23)cc1. The quantitative estimate of drug-likeness (QED) is 0.325. The molecular weight excluding hydrogens is 300 g/mol. The first-order chi connectivity index (χ1) is 11.9. The minimum atomic E-state index is 1.30. The molecule has 4 aromatic rings. The Morgan fingerprint density at radius 1 is 0.480 bits per heavy atom. The molecule has 0 heterocycles. The zero-order valence-corrected chi connectivity index (χ0v) is 15.7. The highest BCUT2D eigenvalue weighted by Gasteiger charge is 2.12. The van der Waals surface area contributed by atoms with Gasteiger partial charge in [0.15, 0.2) is 0 Å². The maximum atomic E-state index is 2.36. The summed E-state index contributed by atoms with van der Waals surface area (Å²) in [6, 6.07) is 20.7. The van der Waals surface area contributed by atoms with Gasteiger partial charge in [0.05, 0.1) is 0 Å². The Morgan fingerprint density at radius 2 is 0.920 bits per heavy atom. The third-order valence-electron chi connectivity index (χ3n) is 5.52. The summed E-state index contributed by atoms with van der Waals surface area (Å²) in [4.78, 5) is 0. The Hall–Kier alpha value is -2.60. The zero-order valence-electron chi connectivity index (χ0n) is 15.7. The third-order valence-corrected chi connectivity index (χ3v) is 5.52. The molecule has 0 heteroatoms. The molecule has 124 valence electrons. The lowest BCUT2D eigenvalue weighted by atomic mass is 9.88. The molecule has 4 aromatic carbocycles. The fourth-order valence-electron chi connectivity index (χ4n) is 3.69. The van der Waals surface area contributed by atoms with E-state index in [1.807, 2.05) is 0 Å². The van der Waals surface area contributed by atoms with Crippen LogP contribution in [-0.4, -0.2) is 0 Å². The molecule has 0 fully saturated rings. The molecule has 0 atom stereocenters. The van der Waals surface area contributed by atoms with Gasteiger partial charge in [-0.25, -0.2) is 0 Å². The van der Waals surface area contributed by atoms with Gasteiger partial charge >= 0.3 is 0 Å². The summed E-state index contributed by atoms with van der Waals surface area (Å²) < 4.78 is 0. The third kappa shape index (κ3) is 2.62. The van der Waals surface area contributed by atoms with Gasteiger partial charge in [-0.3, -0.25) is 0 Å². The second-order valence-corrected chi connectivity index (χ2v) is 7.43. The Kier molecular flexibility index (Phi) is 3.65. The van der Waals surface area contributed by atoms with Crippen molar-refractivity contribution < 1.29 is 0 Å². The molecule has 4 rings (SSSR count). The maximum absolute atomic E-state index is 2.36. The minimum Gasteiger partial charge on any atom is -0.0587 e. The highest BCUT2D eigenvalue weighted by atomic mass is 14.2. The van der Waals surface area contributed by atoms with Crippen molar-refractivity contribution in [2.24, 2.45) is 0 Å². The van der Waals surface area contributed by atoms with Crippen molar-refractivity contribution in [2.75, 3.05) is 0 Å². The van der Waals surface area contributed by atoms with E-state index in [0.717, 1.165) is 0 Å². The number of aryl methyl sites for hydroxylation is 5. The number of benzene rings is 4. The van der Waals surface area contributed by atoms with E-state index in [1.54, 1.807) is 0 Å². The Labute approximate surface area is 150 Å². The fourth-order valence-corrected chi connectivity index (χ4v) is 3.69. The van der Waals surface area contributed by atoms with Crippen molar-refractivity contribution in [3.8, 4) is 11.1 Å². The van der Waals surface area contributed by atoms with E-state index in [1.165, 1.54) is 60.5 Å². The summed E-state index contributed by atoms with van der Waals surface area (Å²) in [5, 5.41) is 5.36. The molecule has 0 amide bonds. The highest BCUT2D eigenvalue weighted by molar-refractivity contribution is 6.13. The molecule has 0 saturated heterocycles. The van der Waals surface area contributed by atoms with Crippen LogP contribution in [0.4, 0.5) is 0 Å². The van der Waals surface area contributed by atoms with Crippen molar-refractivity contribution >= 4 is 21.5 Å². The second kappa shape index (κ2) is 5.74. The van der Waals surface area contributed by atoms with Gasteiger partial charge in [-0.2, -0.15) is 0 Å². The Bertz CT molecular complexity index is 1050. The standard InChI is InChI=1S/C25H24/c1-15-6-8-20(9-7-15)25-23-12-18(4)16(2)10-21(23)14-22-11-17(3)19(5)13-24(22)25/h6-14H,1-5H3.